The Labute approximate surface area is 124 Å². The number of rotatable bonds is 3. The summed E-state index contributed by atoms with van der Waals surface area (Å²) in [4.78, 5) is 27.0. The van der Waals surface area contributed by atoms with Gasteiger partial charge in [0.05, 0.1) is 5.56 Å². The molecule has 0 spiro atoms. The number of piperazine rings is 1. The van der Waals surface area contributed by atoms with E-state index in [-0.39, 0.29) is 11.6 Å². The molecule has 1 fully saturated rings. The third-order valence-electron chi connectivity index (χ3n) is 3.71. The van der Waals surface area contributed by atoms with Crippen LogP contribution in [0.4, 0.5) is 10.5 Å². The number of carboxylic acids is 1. The summed E-state index contributed by atoms with van der Waals surface area (Å²) in [7, 11) is 0. The van der Waals surface area contributed by atoms with Gasteiger partial charge in [-0.05, 0) is 38.1 Å². The Bertz CT molecular complexity index is 505. The fraction of sp³-hybridized carbons (Fsp3) is 0.467. The topological polar surface area (TPSA) is 72.9 Å². The van der Waals surface area contributed by atoms with Crippen LogP contribution in [0.25, 0.3) is 0 Å². The van der Waals surface area contributed by atoms with E-state index in [0.29, 0.717) is 24.8 Å². The van der Waals surface area contributed by atoms with E-state index in [0.717, 1.165) is 13.1 Å². The fourth-order valence-corrected chi connectivity index (χ4v) is 2.34. The minimum Gasteiger partial charge on any atom is -0.478 e. The van der Waals surface area contributed by atoms with Gasteiger partial charge in [0, 0.05) is 37.9 Å². The molecule has 1 heterocycles. The molecule has 1 aliphatic heterocycles. The molecule has 0 aliphatic carbocycles. The Kier molecular flexibility index (Phi) is 4.80. The number of urea groups is 1. The predicted octanol–water partition coefficient (Wildman–Crippen LogP) is 1.94. The zero-order chi connectivity index (χ0) is 15.4. The zero-order valence-corrected chi connectivity index (χ0v) is 12.4. The second-order valence-electron chi connectivity index (χ2n) is 5.43. The minimum atomic E-state index is -0.974. The van der Waals surface area contributed by atoms with Crippen molar-refractivity contribution in [2.45, 2.75) is 19.9 Å². The van der Waals surface area contributed by atoms with E-state index in [4.69, 9.17) is 5.11 Å². The second-order valence-corrected chi connectivity index (χ2v) is 5.43. The molecule has 1 aromatic carbocycles. The van der Waals surface area contributed by atoms with Crippen LogP contribution in [0, 0.1) is 0 Å². The van der Waals surface area contributed by atoms with Gasteiger partial charge in [0.15, 0.2) is 0 Å². The number of benzene rings is 1. The highest BCUT2D eigenvalue weighted by Gasteiger charge is 2.22. The highest BCUT2D eigenvalue weighted by Crippen LogP contribution is 2.12. The number of carbonyl (C=O) groups is 2. The minimum absolute atomic E-state index is 0.138. The molecule has 1 aromatic rings. The van der Waals surface area contributed by atoms with Crippen molar-refractivity contribution in [3.05, 3.63) is 29.8 Å². The van der Waals surface area contributed by atoms with Crippen LogP contribution in [-0.4, -0.2) is 59.1 Å². The van der Waals surface area contributed by atoms with Crippen LogP contribution < -0.4 is 5.32 Å². The Morgan fingerprint density at radius 3 is 2.14 bits per heavy atom. The van der Waals surface area contributed by atoms with Gasteiger partial charge in [0.25, 0.3) is 0 Å². The number of anilines is 1. The lowest BCUT2D eigenvalue weighted by atomic mass is 10.2. The highest BCUT2D eigenvalue weighted by molar-refractivity contribution is 5.91. The first-order chi connectivity index (χ1) is 9.97. The standard InChI is InChI=1S/C15H21N3O3/c1-11(2)17-7-9-18(10-8-17)15(21)16-13-5-3-12(4-6-13)14(19)20/h3-6,11H,7-10H2,1-2H3,(H,16,21)(H,19,20). The van der Waals surface area contributed by atoms with Crippen LogP contribution >= 0.6 is 0 Å². The van der Waals surface area contributed by atoms with Gasteiger partial charge in [-0.15, -0.1) is 0 Å². The van der Waals surface area contributed by atoms with Crippen molar-refractivity contribution in [3.8, 4) is 0 Å². The summed E-state index contributed by atoms with van der Waals surface area (Å²) in [5.74, 6) is -0.974. The summed E-state index contributed by atoms with van der Waals surface area (Å²) in [5.41, 5.74) is 0.815. The molecular formula is C15H21N3O3. The molecule has 0 saturated carbocycles. The van der Waals surface area contributed by atoms with E-state index in [9.17, 15) is 9.59 Å². The van der Waals surface area contributed by atoms with Gasteiger partial charge in [-0.3, -0.25) is 4.90 Å². The van der Waals surface area contributed by atoms with Crippen molar-refractivity contribution in [1.82, 2.24) is 9.80 Å². The molecule has 0 atom stereocenters. The quantitative estimate of drug-likeness (QED) is 0.892. The second kappa shape index (κ2) is 6.58. The highest BCUT2D eigenvalue weighted by atomic mass is 16.4. The lowest BCUT2D eigenvalue weighted by Crippen LogP contribution is -2.51. The molecule has 0 aromatic heterocycles. The normalized spacial score (nSPS) is 16.0. The first-order valence-corrected chi connectivity index (χ1v) is 7.10. The van der Waals surface area contributed by atoms with Gasteiger partial charge in [-0.2, -0.15) is 0 Å². The van der Waals surface area contributed by atoms with Gasteiger partial charge in [0.1, 0.15) is 0 Å². The van der Waals surface area contributed by atoms with E-state index in [1.54, 1.807) is 17.0 Å². The number of hydrogen-bond acceptors (Lipinski definition) is 3. The fourth-order valence-electron chi connectivity index (χ4n) is 2.34. The molecule has 2 amide bonds. The summed E-state index contributed by atoms with van der Waals surface area (Å²) in [6, 6.07) is 6.53. The van der Waals surface area contributed by atoms with E-state index in [2.05, 4.69) is 24.1 Å². The lowest BCUT2D eigenvalue weighted by Gasteiger charge is -2.36. The number of nitrogens with one attached hydrogen (secondary N) is 1. The van der Waals surface area contributed by atoms with Gasteiger partial charge >= 0.3 is 12.0 Å². The summed E-state index contributed by atoms with van der Waals surface area (Å²) in [5, 5.41) is 11.6. The molecule has 1 saturated heterocycles. The molecule has 2 N–H and O–H groups in total. The van der Waals surface area contributed by atoms with E-state index in [1.807, 2.05) is 0 Å². The number of nitrogens with zero attached hydrogens (tertiary/aromatic N) is 2. The zero-order valence-electron chi connectivity index (χ0n) is 12.4. The number of carboxylic acid groups (broad SMARTS) is 1. The summed E-state index contributed by atoms with van der Waals surface area (Å²) >= 11 is 0. The van der Waals surface area contributed by atoms with Crippen LogP contribution in [0.5, 0.6) is 0 Å². The average Bonchev–Trinajstić information content (AvgIpc) is 2.47. The number of carbonyl (C=O) groups excluding carboxylic acids is 1. The Morgan fingerprint density at radius 2 is 1.67 bits per heavy atom. The molecule has 1 aliphatic rings. The van der Waals surface area contributed by atoms with Crippen molar-refractivity contribution in [2.75, 3.05) is 31.5 Å². The summed E-state index contributed by atoms with van der Waals surface area (Å²) < 4.78 is 0. The molecule has 0 bridgehead atoms. The first kappa shape index (κ1) is 15.3. The van der Waals surface area contributed by atoms with Crippen molar-refractivity contribution >= 4 is 17.7 Å². The monoisotopic (exact) mass is 291 g/mol. The molecule has 6 heteroatoms. The van der Waals surface area contributed by atoms with Crippen LogP contribution in [0.3, 0.4) is 0 Å². The molecule has 0 radical (unpaired) electrons. The smallest absolute Gasteiger partial charge is 0.335 e. The van der Waals surface area contributed by atoms with E-state index < -0.39 is 5.97 Å². The van der Waals surface area contributed by atoms with Gasteiger partial charge < -0.3 is 15.3 Å². The number of aromatic carboxylic acids is 1. The summed E-state index contributed by atoms with van der Waals surface area (Å²) in [6.07, 6.45) is 0. The molecular weight excluding hydrogens is 270 g/mol. The maximum atomic E-state index is 12.1. The van der Waals surface area contributed by atoms with Crippen molar-refractivity contribution in [2.24, 2.45) is 0 Å². The Morgan fingerprint density at radius 1 is 1.10 bits per heavy atom. The predicted molar refractivity (Wildman–Crippen MR) is 80.7 cm³/mol. The summed E-state index contributed by atoms with van der Waals surface area (Å²) in [6.45, 7) is 7.47. The lowest BCUT2D eigenvalue weighted by molar-refractivity contribution is 0.0697. The first-order valence-electron chi connectivity index (χ1n) is 7.10. The maximum absolute atomic E-state index is 12.1. The third-order valence-corrected chi connectivity index (χ3v) is 3.71. The Balaban J connectivity index is 1.89. The van der Waals surface area contributed by atoms with E-state index in [1.165, 1.54) is 12.1 Å². The van der Waals surface area contributed by atoms with Crippen LogP contribution in [0.15, 0.2) is 24.3 Å². The van der Waals surface area contributed by atoms with Crippen molar-refractivity contribution in [3.63, 3.8) is 0 Å². The molecule has 6 nitrogen and oxygen atoms in total. The van der Waals surface area contributed by atoms with Gasteiger partial charge in [0.2, 0.25) is 0 Å². The Hall–Kier alpha value is -2.08. The number of hydrogen-bond donors (Lipinski definition) is 2. The van der Waals surface area contributed by atoms with Gasteiger partial charge in [-0.25, -0.2) is 9.59 Å². The van der Waals surface area contributed by atoms with Crippen LogP contribution in [0.1, 0.15) is 24.2 Å². The molecule has 2 rings (SSSR count). The maximum Gasteiger partial charge on any atom is 0.335 e. The van der Waals surface area contributed by atoms with Gasteiger partial charge in [-0.1, -0.05) is 0 Å². The molecule has 0 unspecified atom stereocenters. The third kappa shape index (κ3) is 3.95. The molecule has 114 valence electrons. The molecule has 21 heavy (non-hydrogen) atoms. The van der Waals surface area contributed by atoms with Crippen LogP contribution in [-0.2, 0) is 0 Å². The SMILES string of the molecule is CC(C)N1CCN(C(=O)Nc2ccc(C(=O)O)cc2)CC1. The van der Waals surface area contributed by atoms with Crippen LogP contribution in [0.2, 0.25) is 0 Å². The number of amides is 2. The van der Waals surface area contributed by atoms with Crippen molar-refractivity contribution in [1.29, 1.82) is 0 Å². The largest absolute Gasteiger partial charge is 0.478 e. The van der Waals surface area contributed by atoms with E-state index >= 15 is 0 Å². The van der Waals surface area contributed by atoms with Crippen molar-refractivity contribution < 1.29 is 14.7 Å². The average molecular weight is 291 g/mol.